The van der Waals surface area contributed by atoms with E-state index in [-0.39, 0.29) is 24.0 Å². The number of fused-ring (bicyclic) bond motifs is 3. The Kier molecular flexibility index (Phi) is 4.91. The van der Waals surface area contributed by atoms with Gasteiger partial charge >= 0.3 is 11.7 Å². The van der Waals surface area contributed by atoms with Crippen LogP contribution in [0.3, 0.4) is 0 Å². The molecule has 0 saturated heterocycles. The quantitative estimate of drug-likeness (QED) is 0.452. The van der Waals surface area contributed by atoms with Crippen molar-refractivity contribution in [3.05, 3.63) is 110 Å². The summed E-state index contributed by atoms with van der Waals surface area (Å²) >= 11 is 5.70. The first kappa shape index (κ1) is 19.9. The van der Waals surface area contributed by atoms with E-state index < -0.39 is 11.7 Å². The summed E-state index contributed by atoms with van der Waals surface area (Å²) in [7, 11) is 0. The molecule has 2 aromatic heterocycles. The Hall–Kier alpha value is -4.04. The number of aromatic nitrogens is 3. The maximum atomic E-state index is 12.5. The normalized spacial score (nSPS) is 14.4. The third kappa shape index (κ3) is 3.40. The molecule has 2 aromatic carbocycles. The van der Waals surface area contributed by atoms with Crippen molar-refractivity contribution in [3.63, 3.8) is 0 Å². The molecule has 7 nitrogen and oxygen atoms in total. The van der Waals surface area contributed by atoms with E-state index in [1.54, 1.807) is 6.20 Å². The Morgan fingerprint density at radius 1 is 1.12 bits per heavy atom. The lowest BCUT2D eigenvalue weighted by molar-refractivity contribution is 0.0690. The lowest BCUT2D eigenvalue weighted by Gasteiger charge is -2.18. The molecule has 1 atom stereocenters. The standard InChI is InChI=1S/C24H17N3O4S/c28-23(29)20-13-31-21(26-20)12-27-22(32)19(11-25-24(27)30)18-10-9-14-5-1-2-6-15(14)16-7-3-4-8-17(16)18/h1-11,13,18H,12H2,(H,25,30)(H,28,29). The Bertz CT molecular complexity index is 1500. The highest BCUT2D eigenvalue weighted by atomic mass is 32.1. The lowest BCUT2D eigenvalue weighted by atomic mass is 9.88. The average molecular weight is 443 g/mol. The number of aromatic carboxylic acids is 1. The van der Waals surface area contributed by atoms with Gasteiger partial charge in [-0.2, -0.15) is 0 Å². The van der Waals surface area contributed by atoms with Gasteiger partial charge in [-0.3, -0.25) is 4.57 Å². The number of oxazole rings is 1. The van der Waals surface area contributed by atoms with Crippen molar-refractivity contribution < 1.29 is 14.3 Å². The summed E-state index contributed by atoms with van der Waals surface area (Å²) in [4.78, 5) is 30.3. The molecule has 4 aromatic rings. The minimum absolute atomic E-state index is 0.0758. The fourth-order valence-electron chi connectivity index (χ4n) is 3.99. The molecule has 1 unspecified atom stereocenters. The molecule has 0 saturated carbocycles. The van der Waals surface area contributed by atoms with Crippen molar-refractivity contribution in [2.45, 2.75) is 12.5 Å². The third-order valence-electron chi connectivity index (χ3n) is 5.50. The van der Waals surface area contributed by atoms with Gasteiger partial charge < -0.3 is 14.5 Å². The maximum absolute atomic E-state index is 12.5. The van der Waals surface area contributed by atoms with Crippen LogP contribution in [0.4, 0.5) is 0 Å². The molecule has 158 valence electrons. The highest BCUT2D eigenvalue weighted by Gasteiger charge is 2.22. The van der Waals surface area contributed by atoms with Crippen molar-refractivity contribution in [2.24, 2.45) is 0 Å². The van der Waals surface area contributed by atoms with Crippen molar-refractivity contribution in [1.29, 1.82) is 0 Å². The number of carbonyl (C=O) groups is 1. The zero-order valence-electron chi connectivity index (χ0n) is 16.7. The number of hydrogen-bond donors (Lipinski definition) is 2. The molecule has 0 bridgehead atoms. The number of H-pyrrole nitrogens is 1. The molecule has 0 aliphatic heterocycles. The molecule has 0 amide bonds. The van der Waals surface area contributed by atoms with E-state index in [1.165, 1.54) is 4.57 Å². The number of allylic oxidation sites excluding steroid dienone is 1. The average Bonchev–Trinajstić information content (AvgIpc) is 3.21. The fraction of sp³-hybridized carbons (Fsp3) is 0.0833. The summed E-state index contributed by atoms with van der Waals surface area (Å²) < 4.78 is 6.88. The summed E-state index contributed by atoms with van der Waals surface area (Å²) in [5.41, 5.74) is 4.51. The molecule has 2 N–H and O–H groups in total. The van der Waals surface area contributed by atoms with Crippen LogP contribution in [0, 0.1) is 4.64 Å². The molecule has 1 aliphatic carbocycles. The zero-order chi connectivity index (χ0) is 22.2. The monoisotopic (exact) mass is 443 g/mol. The van der Waals surface area contributed by atoms with Crippen LogP contribution >= 0.6 is 12.2 Å². The van der Waals surface area contributed by atoms with Gasteiger partial charge in [0, 0.05) is 17.7 Å². The topological polar surface area (TPSA) is 101 Å². The van der Waals surface area contributed by atoms with Crippen LogP contribution in [0.15, 0.2) is 76.3 Å². The van der Waals surface area contributed by atoms with Crippen molar-refractivity contribution in [3.8, 4) is 11.1 Å². The molecular formula is C24H17N3O4S. The minimum Gasteiger partial charge on any atom is -0.476 e. The minimum atomic E-state index is -1.20. The number of rotatable bonds is 4. The van der Waals surface area contributed by atoms with Gasteiger partial charge in [0.05, 0.1) is 0 Å². The number of carboxylic acid groups (broad SMARTS) is 1. The first-order valence-corrected chi connectivity index (χ1v) is 10.3. The summed E-state index contributed by atoms with van der Waals surface area (Å²) in [5.74, 6) is -1.30. The van der Waals surface area contributed by atoms with Gasteiger partial charge in [0.15, 0.2) is 5.69 Å². The molecule has 1 aliphatic rings. The van der Waals surface area contributed by atoms with Crippen LogP contribution < -0.4 is 5.69 Å². The van der Waals surface area contributed by atoms with E-state index in [2.05, 4.69) is 46.4 Å². The second kappa shape index (κ2) is 7.90. The van der Waals surface area contributed by atoms with Crippen molar-refractivity contribution >= 4 is 24.3 Å². The summed E-state index contributed by atoms with van der Waals surface area (Å²) in [6, 6.07) is 16.3. The molecule has 0 spiro atoms. The number of hydrogen-bond acceptors (Lipinski definition) is 5. The predicted molar refractivity (Wildman–Crippen MR) is 121 cm³/mol. The number of aromatic amines is 1. The molecule has 0 fully saturated rings. The van der Waals surface area contributed by atoms with E-state index in [1.807, 2.05) is 24.3 Å². The summed E-state index contributed by atoms with van der Waals surface area (Å²) in [6.45, 7) is -0.0758. The molecule has 8 heteroatoms. The van der Waals surface area contributed by atoms with Crippen LogP contribution in [-0.4, -0.2) is 25.6 Å². The SMILES string of the molecule is O=C(O)c1coc(Cn2c(=O)[nH]cc(C3C=Cc4ccccc4-c4ccccc43)c2=S)n1. The van der Waals surface area contributed by atoms with E-state index in [0.717, 1.165) is 34.1 Å². The van der Waals surface area contributed by atoms with Gasteiger partial charge in [-0.1, -0.05) is 72.9 Å². The largest absolute Gasteiger partial charge is 0.476 e. The Labute approximate surface area is 187 Å². The number of nitrogens with one attached hydrogen (secondary N) is 1. The Morgan fingerprint density at radius 2 is 1.88 bits per heavy atom. The van der Waals surface area contributed by atoms with E-state index in [0.29, 0.717) is 4.64 Å². The summed E-state index contributed by atoms with van der Waals surface area (Å²) in [5, 5.41) is 9.06. The van der Waals surface area contributed by atoms with E-state index >= 15 is 0 Å². The predicted octanol–water partition coefficient (Wildman–Crippen LogP) is 4.47. The summed E-state index contributed by atoms with van der Waals surface area (Å²) in [6.07, 6.45) is 6.82. The number of nitrogens with zero attached hydrogens (tertiary/aromatic N) is 2. The van der Waals surface area contributed by atoms with Crippen LogP contribution in [0.2, 0.25) is 0 Å². The Balaban J connectivity index is 1.63. The van der Waals surface area contributed by atoms with Crippen molar-refractivity contribution in [2.75, 3.05) is 0 Å². The van der Waals surface area contributed by atoms with Crippen LogP contribution in [0.1, 0.15) is 39.0 Å². The molecular weight excluding hydrogens is 426 g/mol. The highest BCUT2D eigenvalue weighted by molar-refractivity contribution is 7.71. The highest BCUT2D eigenvalue weighted by Crippen LogP contribution is 2.39. The van der Waals surface area contributed by atoms with Crippen molar-refractivity contribution in [1.82, 2.24) is 14.5 Å². The van der Waals surface area contributed by atoms with Gasteiger partial charge in [-0.25, -0.2) is 14.6 Å². The first-order chi connectivity index (χ1) is 15.5. The van der Waals surface area contributed by atoms with Gasteiger partial charge in [-0.05, 0) is 22.3 Å². The smallest absolute Gasteiger partial charge is 0.357 e. The second-order valence-corrected chi connectivity index (χ2v) is 7.77. The maximum Gasteiger partial charge on any atom is 0.357 e. The molecule has 5 rings (SSSR count). The van der Waals surface area contributed by atoms with Crippen LogP contribution in [0.25, 0.3) is 17.2 Å². The van der Waals surface area contributed by atoms with Gasteiger partial charge in [0.1, 0.15) is 17.4 Å². The molecule has 0 radical (unpaired) electrons. The van der Waals surface area contributed by atoms with Gasteiger partial charge in [-0.15, -0.1) is 0 Å². The molecule has 32 heavy (non-hydrogen) atoms. The zero-order valence-corrected chi connectivity index (χ0v) is 17.5. The van der Waals surface area contributed by atoms with E-state index in [9.17, 15) is 9.59 Å². The molecule has 2 heterocycles. The number of benzene rings is 2. The van der Waals surface area contributed by atoms with Crippen LogP contribution in [-0.2, 0) is 6.54 Å². The third-order valence-corrected chi connectivity index (χ3v) is 5.96. The van der Waals surface area contributed by atoms with E-state index in [4.69, 9.17) is 21.7 Å². The Morgan fingerprint density at radius 3 is 2.66 bits per heavy atom. The van der Waals surface area contributed by atoms with Crippen LogP contribution in [0.5, 0.6) is 0 Å². The number of carboxylic acids is 1. The fourth-order valence-corrected chi connectivity index (χ4v) is 4.32. The first-order valence-electron chi connectivity index (χ1n) is 9.89. The lowest BCUT2D eigenvalue weighted by Crippen LogP contribution is -2.25. The second-order valence-electron chi connectivity index (χ2n) is 7.38. The van der Waals surface area contributed by atoms with Gasteiger partial charge in [0.2, 0.25) is 5.89 Å². The van der Waals surface area contributed by atoms with Gasteiger partial charge in [0.25, 0.3) is 0 Å².